The molecule has 2 aromatic rings. The van der Waals surface area contributed by atoms with Crippen LogP contribution in [0.5, 0.6) is 5.75 Å². The first-order valence-corrected chi connectivity index (χ1v) is 9.38. The highest BCUT2D eigenvalue weighted by atomic mass is 16.5. The zero-order valence-electron chi connectivity index (χ0n) is 15.4. The van der Waals surface area contributed by atoms with Gasteiger partial charge in [-0.2, -0.15) is 5.10 Å². The minimum atomic E-state index is -0.233. The predicted octanol–water partition coefficient (Wildman–Crippen LogP) is 2.24. The summed E-state index contributed by atoms with van der Waals surface area (Å²) in [6, 6.07) is 7.78. The second-order valence-electron chi connectivity index (χ2n) is 6.89. The summed E-state index contributed by atoms with van der Waals surface area (Å²) in [5, 5.41) is 4.41. The lowest BCUT2D eigenvalue weighted by Gasteiger charge is -2.31. The quantitative estimate of drug-likeness (QED) is 0.773. The number of carbonyl (C=O) groups is 2. The Labute approximate surface area is 157 Å². The van der Waals surface area contributed by atoms with Crippen LogP contribution in [0.2, 0.25) is 0 Å². The monoisotopic (exact) mass is 369 g/mol. The van der Waals surface area contributed by atoms with E-state index in [1.54, 1.807) is 22.7 Å². The van der Waals surface area contributed by atoms with Gasteiger partial charge in [0.15, 0.2) is 0 Å². The van der Waals surface area contributed by atoms with Crippen molar-refractivity contribution >= 4 is 11.9 Å². The zero-order valence-corrected chi connectivity index (χ0v) is 15.4. The lowest BCUT2D eigenvalue weighted by Crippen LogP contribution is -2.44. The number of nitrogens with zero attached hydrogens (tertiary/aromatic N) is 3. The number of carbonyl (C=O) groups excluding carboxylic acids is 2. The molecular formula is C20H23N3O4. The molecule has 0 aliphatic carbocycles. The summed E-state index contributed by atoms with van der Waals surface area (Å²) < 4.78 is 12.6. The molecule has 2 aliphatic heterocycles. The first-order chi connectivity index (χ1) is 13.2. The molecule has 0 unspecified atom stereocenters. The van der Waals surface area contributed by atoms with E-state index in [1.165, 1.54) is 0 Å². The fourth-order valence-corrected chi connectivity index (χ4v) is 3.79. The molecule has 1 fully saturated rings. The van der Waals surface area contributed by atoms with E-state index in [-0.39, 0.29) is 24.3 Å². The number of aromatic nitrogens is 2. The number of fused-ring (bicyclic) bond motifs is 3. The van der Waals surface area contributed by atoms with Crippen LogP contribution >= 0.6 is 0 Å². The van der Waals surface area contributed by atoms with Crippen molar-refractivity contribution in [2.24, 2.45) is 5.92 Å². The van der Waals surface area contributed by atoms with Gasteiger partial charge in [-0.3, -0.25) is 14.3 Å². The maximum absolute atomic E-state index is 12.9. The molecule has 0 bridgehead atoms. The molecule has 1 amide bonds. The third-order valence-corrected chi connectivity index (χ3v) is 5.12. The van der Waals surface area contributed by atoms with Gasteiger partial charge < -0.3 is 14.4 Å². The molecule has 2 aliphatic rings. The van der Waals surface area contributed by atoms with Gasteiger partial charge in [-0.15, -0.1) is 0 Å². The molecule has 7 nitrogen and oxygen atoms in total. The number of likely N-dealkylation sites (tertiary alicyclic amines) is 1. The van der Waals surface area contributed by atoms with E-state index in [9.17, 15) is 9.59 Å². The number of amides is 1. The average Bonchev–Trinajstić information content (AvgIpc) is 3.11. The van der Waals surface area contributed by atoms with E-state index in [1.807, 2.05) is 24.3 Å². The number of piperidine rings is 1. The van der Waals surface area contributed by atoms with Crippen molar-refractivity contribution < 1.29 is 19.1 Å². The maximum atomic E-state index is 12.9. The fraction of sp³-hybridized carbons (Fsp3) is 0.450. The Hall–Kier alpha value is -2.83. The number of para-hydroxylation sites is 1. The Morgan fingerprint density at radius 3 is 3.04 bits per heavy atom. The first-order valence-electron chi connectivity index (χ1n) is 9.38. The van der Waals surface area contributed by atoms with Gasteiger partial charge >= 0.3 is 5.97 Å². The van der Waals surface area contributed by atoms with Crippen molar-refractivity contribution in [3.8, 4) is 17.0 Å². The molecule has 27 heavy (non-hydrogen) atoms. The van der Waals surface area contributed by atoms with Crippen molar-refractivity contribution in [1.82, 2.24) is 14.7 Å². The summed E-state index contributed by atoms with van der Waals surface area (Å²) in [5.41, 5.74) is 2.86. The van der Waals surface area contributed by atoms with Gasteiger partial charge in [0.1, 0.15) is 18.9 Å². The minimum absolute atomic E-state index is 0.0288. The SMILES string of the molecule is CCOC(=O)[C@@H]1CCCN(C(=O)Cn2ncc3c2-c2ccccc2OC3)C1. The van der Waals surface area contributed by atoms with E-state index in [0.29, 0.717) is 26.3 Å². The highest BCUT2D eigenvalue weighted by molar-refractivity contribution is 5.80. The summed E-state index contributed by atoms with van der Waals surface area (Å²) >= 11 is 0. The van der Waals surface area contributed by atoms with E-state index in [0.717, 1.165) is 35.4 Å². The molecule has 142 valence electrons. The van der Waals surface area contributed by atoms with Crippen LogP contribution in [0, 0.1) is 5.92 Å². The third-order valence-electron chi connectivity index (χ3n) is 5.12. The number of ether oxygens (including phenoxy) is 2. The zero-order chi connectivity index (χ0) is 18.8. The van der Waals surface area contributed by atoms with Gasteiger partial charge in [-0.25, -0.2) is 0 Å². The van der Waals surface area contributed by atoms with Gasteiger partial charge in [0.05, 0.1) is 24.4 Å². The topological polar surface area (TPSA) is 73.7 Å². The van der Waals surface area contributed by atoms with E-state index in [4.69, 9.17) is 9.47 Å². The minimum Gasteiger partial charge on any atom is -0.488 e. The highest BCUT2D eigenvalue weighted by Crippen LogP contribution is 2.37. The van der Waals surface area contributed by atoms with Crippen LogP contribution in [0.1, 0.15) is 25.3 Å². The molecule has 0 N–H and O–H groups in total. The smallest absolute Gasteiger partial charge is 0.310 e. The largest absolute Gasteiger partial charge is 0.488 e. The Bertz CT molecular complexity index is 861. The molecule has 1 aromatic carbocycles. The number of benzene rings is 1. The number of esters is 1. The van der Waals surface area contributed by atoms with Crippen LogP contribution in [0.3, 0.4) is 0 Å². The molecule has 3 heterocycles. The molecular weight excluding hydrogens is 346 g/mol. The summed E-state index contributed by atoms with van der Waals surface area (Å²) in [4.78, 5) is 26.6. The van der Waals surface area contributed by atoms with Crippen LogP contribution < -0.4 is 4.74 Å². The summed E-state index contributed by atoms with van der Waals surface area (Å²) in [6.45, 7) is 3.85. The van der Waals surface area contributed by atoms with Crippen LogP contribution in [-0.4, -0.2) is 46.3 Å². The Morgan fingerprint density at radius 1 is 1.33 bits per heavy atom. The van der Waals surface area contributed by atoms with Crippen molar-refractivity contribution in [3.63, 3.8) is 0 Å². The standard InChI is InChI=1S/C20H23N3O4/c1-2-26-20(25)14-6-5-9-22(11-14)18(24)12-23-19-15(10-21-23)13-27-17-8-4-3-7-16(17)19/h3-4,7-8,10,14H,2,5-6,9,11-13H2,1H3/t14-/m1/s1. The molecule has 1 atom stereocenters. The summed E-state index contributed by atoms with van der Waals surface area (Å²) in [6.07, 6.45) is 3.34. The summed E-state index contributed by atoms with van der Waals surface area (Å²) in [5.74, 6) is 0.333. The molecule has 1 saturated heterocycles. The predicted molar refractivity (Wildman–Crippen MR) is 97.9 cm³/mol. The normalized spacial score (nSPS) is 18.3. The lowest BCUT2D eigenvalue weighted by atomic mass is 9.98. The van der Waals surface area contributed by atoms with Gasteiger partial charge in [0, 0.05) is 24.2 Å². The average molecular weight is 369 g/mol. The Balaban J connectivity index is 1.50. The number of rotatable bonds is 4. The molecule has 0 saturated carbocycles. The van der Waals surface area contributed by atoms with Crippen LogP contribution in [0.25, 0.3) is 11.3 Å². The lowest BCUT2D eigenvalue weighted by molar-refractivity contribution is -0.151. The van der Waals surface area contributed by atoms with Crippen molar-refractivity contribution in [3.05, 3.63) is 36.0 Å². The molecule has 0 spiro atoms. The van der Waals surface area contributed by atoms with Gasteiger partial charge in [0.25, 0.3) is 0 Å². The molecule has 1 aromatic heterocycles. The van der Waals surface area contributed by atoms with Crippen molar-refractivity contribution in [2.45, 2.75) is 32.9 Å². The van der Waals surface area contributed by atoms with E-state index in [2.05, 4.69) is 5.10 Å². The van der Waals surface area contributed by atoms with E-state index >= 15 is 0 Å². The summed E-state index contributed by atoms with van der Waals surface area (Å²) in [7, 11) is 0. The van der Waals surface area contributed by atoms with Gasteiger partial charge in [0.2, 0.25) is 5.91 Å². The number of hydrogen-bond donors (Lipinski definition) is 0. The maximum Gasteiger partial charge on any atom is 0.310 e. The third kappa shape index (κ3) is 3.41. The molecule has 7 heteroatoms. The second kappa shape index (κ2) is 7.42. The highest BCUT2D eigenvalue weighted by Gasteiger charge is 2.30. The first kappa shape index (κ1) is 17.6. The van der Waals surface area contributed by atoms with Crippen LogP contribution in [-0.2, 0) is 27.5 Å². The number of hydrogen-bond acceptors (Lipinski definition) is 5. The van der Waals surface area contributed by atoms with E-state index < -0.39 is 0 Å². The van der Waals surface area contributed by atoms with Crippen LogP contribution in [0.15, 0.2) is 30.5 Å². The fourth-order valence-electron chi connectivity index (χ4n) is 3.79. The van der Waals surface area contributed by atoms with Gasteiger partial charge in [-0.05, 0) is 31.9 Å². The van der Waals surface area contributed by atoms with Crippen molar-refractivity contribution in [1.29, 1.82) is 0 Å². The van der Waals surface area contributed by atoms with Crippen molar-refractivity contribution in [2.75, 3.05) is 19.7 Å². The Kier molecular flexibility index (Phi) is 4.83. The molecule has 4 rings (SSSR count). The molecule has 0 radical (unpaired) electrons. The second-order valence-corrected chi connectivity index (χ2v) is 6.89. The van der Waals surface area contributed by atoms with Crippen LogP contribution in [0.4, 0.5) is 0 Å². The Morgan fingerprint density at radius 2 is 2.19 bits per heavy atom. The van der Waals surface area contributed by atoms with Gasteiger partial charge in [-0.1, -0.05) is 12.1 Å².